The average Bonchev–Trinajstić information content (AvgIpc) is 3.24. The number of hydrogen-bond donors (Lipinski definition) is 1. The largest absolute Gasteiger partial charge is 0.392 e. The first-order chi connectivity index (χ1) is 13.5. The number of rotatable bonds is 4. The van der Waals surface area contributed by atoms with Gasteiger partial charge in [0.25, 0.3) is 0 Å². The molecule has 2 aromatic rings. The van der Waals surface area contributed by atoms with Gasteiger partial charge in [-0.05, 0) is 53.8 Å². The maximum Gasteiger partial charge on any atom is 0.0992 e. The van der Waals surface area contributed by atoms with E-state index in [1.807, 2.05) is 12.1 Å². The van der Waals surface area contributed by atoms with E-state index in [2.05, 4.69) is 11.0 Å². The Morgan fingerprint density at radius 2 is 2.00 bits per heavy atom. The molecule has 7 heteroatoms. The number of β-amino-alcohol motifs (C(OH)–C–C–N with tert-alkyl or cyclic N) is 1. The van der Waals surface area contributed by atoms with Gasteiger partial charge < -0.3 is 9.84 Å². The van der Waals surface area contributed by atoms with Crippen LogP contribution in [0.3, 0.4) is 0 Å². The van der Waals surface area contributed by atoms with Crippen LogP contribution in [0.5, 0.6) is 0 Å². The summed E-state index contributed by atoms with van der Waals surface area (Å²) in [6, 6.07) is 11.0. The van der Waals surface area contributed by atoms with Crippen LogP contribution < -0.4 is 0 Å². The Morgan fingerprint density at radius 3 is 2.68 bits per heavy atom. The number of ether oxygens (including phenoxy) is 1. The van der Waals surface area contributed by atoms with Crippen LogP contribution in [0.4, 0.5) is 0 Å². The highest BCUT2D eigenvalue weighted by Gasteiger charge is 2.40. The van der Waals surface area contributed by atoms with E-state index in [-0.39, 0.29) is 18.2 Å². The SMILES string of the molecule is N#Cc1ccc(CO[C@H]2c3cc(Cl)cc(Cl)c3C[C@@H]2N2CC[C@@H](O)C2)c(Cl)c1. The van der Waals surface area contributed by atoms with E-state index in [0.717, 1.165) is 36.1 Å². The van der Waals surface area contributed by atoms with E-state index in [1.54, 1.807) is 18.2 Å². The number of nitrogens with zero attached hydrogens (tertiary/aromatic N) is 2. The third-order valence-electron chi connectivity index (χ3n) is 5.53. The number of nitriles is 1. The van der Waals surface area contributed by atoms with Crippen molar-refractivity contribution in [3.8, 4) is 6.07 Å². The van der Waals surface area contributed by atoms with Crippen LogP contribution in [0.2, 0.25) is 15.1 Å². The number of halogens is 3. The van der Waals surface area contributed by atoms with Gasteiger partial charge in [-0.1, -0.05) is 40.9 Å². The molecule has 2 aliphatic rings. The van der Waals surface area contributed by atoms with Crippen molar-refractivity contribution in [1.82, 2.24) is 4.90 Å². The van der Waals surface area contributed by atoms with Gasteiger partial charge in [0.15, 0.2) is 0 Å². The van der Waals surface area contributed by atoms with E-state index in [1.165, 1.54) is 0 Å². The summed E-state index contributed by atoms with van der Waals surface area (Å²) in [5.41, 5.74) is 3.38. The van der Waals surface area contributed by atoms with Gasteiger partial charge in [0.05, 0.1) is 30.4 Å². The lowest BCUT2D eigenvalue weighted by molar-refractivity contribution is -0.0135. The first-order valence-electron chi connectivity index (χ1n) is 9.16. The lowest BCUT2D eigenvalue weighted by atomic mass is 10.1. The highest BCUT2D eigenvalue weighted by molar-refractivity contribution is 6.35. The number of fused-ring (bicyclic) bond motifs is 1. The van der Waals surface area contributed by atoms with Crippen molar-refractivity contribution in [2.75, 3.05) is 13.1 Å². The molecule has 0 aromatic heterocycles. The monoisotopic (exact) mass is 436 g/mol. The molecule has 0 unspecified atom stereocenters. The van der Waals surface area contributed by atoms with Crippen molar-refractivity contribution < 1.29 is 9.84 Å². The average molecular weight is 438 g/mol. The van der Waals surface area contributed by atoms with Crippen LogP contribution in [0.25, 0.3) is 0 Å². The van der Waals surface area contributed by atoms with Gasteiger partial charge in [0, 0.05) is 34.2 Å². The molecule has 0 amide bonds. The Labute approximate surface area is 179 Å². The Morgan fingerprint density at radius 1 is 1.18 bits per heavy atom. The molecule has 0 bridgehead atoms. The maximum atomic E-state index is 9.98. The minimum atomic E-state index is -0.309. The molecule has 1 saturated heterocycles. The molecular weight excluding hydrogens is 419 g/mol. The second-order valence-corrected chi connectivity index (χ2v) is 8.56. The normalized spacial score (nSPS) is 24.3. The summed E-state index contributed by atoms with van der Waals surface area (Å²) < 4.78 is 6.33. The van der Waals surface area contributed by atoms with Crippen molar-refractivity contribution in [2.45, 2.75) is 37.7 Å². The maximum absolute atomic E-state index is 9.98. The molecular formula is C21H19Cl3N2O2. The summed E-state index contributed by atoms with van der Waals surface area (Å²) in [4.78, 5) is 2.26. The predicted octanol–water partition coefficient (Wildman–Crippen LogP) is 4.77. The zero-order valence-electron chi connectivity index (χ0n) is 15.0. The lowest BCUT2D eigenvalue weighted by Crippen LogP contribution is -2.38. The van der Waals surface area contributed by atoms with Gasteiger partial charge in [0.2, 0.25) is 0 Å². The van der Waals surface area contributed by atoms with Gasteiger partial charge in [-0.3, -0.25) is 4.90 Å². The third-order valence-corrected chi connectivity index (χ3v) is 6.44. The summed E-state index contributed by atoms with van der Waals surface area (Å²) in [5.74, 6) is 0. The fraction of sp³-hybridized carbons (Fsp3) is 0.381. The van der Waals surface area contributed by atoms with E-state index in [9.17, 15) is 5.11 Å². The van der Waals surface area contributed by atoms with Crippen molar-refractivity contribution in [3.63, 3.8) is 0 Å². The first kappa shape index (κ1) is 20.0. The fourth-order valence-corrected chi connectivity index (χ4v) is 4.94. The van der Waals surface area contributed by atoms with Crippen LogP contribution in [-0.4, -0.2) is 35.2 Å². The molecule has 1 N–H and O–H groups in total. The summed E-state index contributed by atoms with van der Waals surface area (Å²) >= 11 is 19.0. The van der Waals surface area contributed by atoms with Gasteiger partial charge in [-0.15, -0.1) is 0 Å². The zero-order valence-corrected chi connectivity index (χ0v) is 17.3. The Kier molecular flexibility index (Phi) is 5.85. The summed E-state index contributed by atoms with van der Waals surface area (Å²) in [7, 11) is 0. The Balaban J connectivity index is 1.61. The van der Waals surface area contributed by atoms with E-state index >= 15 is 0 Å². The van der Waals surface area contributed by atoms with Crippen molar-refractivity contribution in [3.05, 3.63) is 67.7 Å². The lowest BCUT2D eigenvalue weighted by Gasteiger charge is -2.29. The van der Waals surface area contributed by atoms with Gasteiger partial charge >= 0.3 is 0 Å². The molecule has 4 rings (SSSR count). The number of aliphatic hydroxyl groups excluding tert-OH is 1. The first-order valence-corrected chi connectivity index (χ1v) is 10.3. The Hall–Kier alpha value is -1.32. The molecule has 4 nitrogen and oxygen atoms in total. The number of aliphatic hydroxyl groups is 1. The molecule has 0 saturated carbocycles. The summed E-state index contributed by atoms with van der Waals surface area (Å²) in [6.07, 6.45) is 0.985. The second-order valence-electron chi connectivity index (χ2n) is 7.31. The topological polar surface area (TPSA) is 56.5 Å². The third kappa shape index (κ3) is 3.89. The highest BCUT2D eigenvalue weighted by atomic mass is 35.5. The fourth-order valence-electron chi connectivity index (χ4n) is 4.12. The molecule has 146 valence electrons. The zero-order chi connectivity index (χ0) is 19.8. The summed E-state index contributed by atoms with van der Waals surface area (Å²) in [6.45, 7) is 1.76. The van der Waals surface area contributed by atoms with Gasteiger partial charge in [0.1, 0.15) is 0 Å². The van der Waals surface area contributed by atoms with Crippen LogP contribution in [0.15, 0.2) is 30.3 Å². The minimum Gasteiger partial charge on any atom is -0.392 e. The Bertz CT molecular complexity index is 944. The van der Waals surface area contributed by atoms with Gasteiger partial charge in [-0.25, -0.2) is 0 Å². The molecule has 0 spiro atoms. The highest BCUT2D eigenvalue weighted by Crippen LogP contribution is 2.43. The van der Waals surface area contributed by atoms with E-state index < -0.39 is 0 Å². The number of benzene rings is 2. The number of hydrogen-bond acceptors (Lipinski definition) is 4. The summed E-state index contributed by atoms with van der Waals surface area (Å²) in [5, 5.41) is 20.7. The standard InChI is InChI=1S/C21H19Cl3N2O2/c22-14-6-17-16(19(24)7-14)8-20(26-4-3-15(27)10-26)21(17)28-11-13-2-1-12(9-25)5-18(13)23/h1-2,5-7,15,20-21,27H,3-4,8,10-11H2/t15-,20+,21+/m1/s1. The molecule has 1 aliphatic carbocycles. The predicted molar refractivity (Wildman–Crippen MR) is 110 cm³/mol. The molecule has 2 aromatic carbocycles. The molecule has 3 atom stereocenters. The van der Waals surface area contributed by atoms with Crippen LogP contribution in [0.1, 0.15) is 34.8 Å². The van der Waals surface area contributed by atoms with E-state index in [0.29, 0.717) is 33.8 Å². The number of likely N-dealkylation sites (tertiary alicyclic amines) is 1. The van der Waals surface area contributed by atoms with Gasteiger partial charge in [-0.2, -0.15) is 5.26 Å². The van der Waals surface area contributed by atoms with E-state index in [4.69, 9.17) is 44.8 Å². The van der Waals surface area contributed by atoms with Crippen LogP contribution in [-0.2, 0) is 17.8 Å². The quantitative estimate of drug-likeness (QED) is 0.749. The van der Waals surface area contributed by atoms with Crippen molar-refractivity contribution >= 4 is 34.8 Å². The molecule has 1 aliphatic heterocycles. The molecule has 1 heterocycles. The molecule has 28 heavy (non-hydrogen) atoms. The second kappa shape index (κ2) is 8.20. The molecule has 0 radical (unpaired) electrons. The minimum absolute atomic E-state index is 0.0836. The van der Waals surface area contributed by atoms with Crippen LogP contribution in [0, 0.1) is 11.3 Å². The van der Waals surface area contributed by atoms with Crippen molar-refractivity contribution in [1.29, 1.82) is 5.26 Å². The molecule has 1 fully saturated rings. The van der Waals surface area contributed by atoms with Crippen molar-refractivity contribution in [2.24, 2.45) is 0 Å². The van der Waals surface area contributed by atoms with Crippen LogP contribution >= 0.6 is 34.8 Å². The smallest absolute Gasteiger partial charge is 0.0992 e.